The Morgan fingerprint density at radius 3 is 2.66 bits per heavy atom. The van der Waals surface area contributed by atoms with Crippen molar-refractivity contribution in [3.05, 3.63) is 58.7 Å². The highest BCUT2D eigenvalue weighted by molar-refractivity contribution is 5.93. The van der Waals surface area contributed by atoms with Gasteiger partial charge in [0.15, 0.2) is 0 Å². The summed E-state index contributed by atoms with van der Waals surface area (Å²) in [5.41, 5.74) is 2.83. The first-order valence-electron chi connectivity index (χ1n) is 10.7. The Hall–Kier alpha value is -2.93. The molecule has 0 saturated carbocycles. The van der Waals surface area contributed by atoms with Gasteiger partial charge in [0.1, 0.15) is 18.8 Å². The van der Waals surface area contributed by atoms with Crippen molar-refractivity contribution in [1.29, 1.82) is 0 Å². The minimum absolute atomic E-state index is 0.174. The first-order chi connectivity index (χ1) is 15.2. The van der Waals surface area contributed by atoms with Gasteiger partial charge in [-0.05, 0) is 52.7 Å². The number of rotatable bonds is 6. The minimum Gasteiger partial charge on any atom is -0.458 e. The molecular formula is C25H32O7. The molecule has 0 spiro atoms. The van der Waals surface area contributed by atoms with Gasteiger partial charge in [-0.3, -0.25) is 0 Å². The van der Waals surface area contributed by atoms with Crippen LogP contribution in [0.15, 0.2) is 58.7 Å². The lowest BCUT2D eigenvalue weighted by molar-refractivity contribution is -0.148. The number of carbonyl (C=O) groups is 3. The van der Waals surface area contributed by atoms with Crippen LogP contribution in [0.5, 0.6) is 0 Å². The lowest BCUT2D eigenvalue weighted by Gasteiger charge is -2.27. The third-order valence-corrected chi connectivity index (χ3v) is 5.61. The summed E-state index contributed by atoms with van der Waals surface area (Å²) in [5, 5.41) is 8.89. The fourth-order valence-electron chi connectivity index (χ4n) is 3.68. The quantitative estimate of drug-likeness (QED) is 0.290. The van der Waals surface area contributed by atoms with E-state index in [1.54, 1.807) is 6.92 Å². The van der Waals surface area contributed by atoms with Crippen molar-refractivity contribution in [3.8, 4) is 0 Å². The van der Waals surface area contributed by atoms with E-state index in [2.05, 4.69) is 12.7 Å². The van der Waals surface area contributed by atoms with Gasteiger partial charge >= 0.3 is 17.9 Å². The molecule has 0 amide bonds. The Kier molecular flexibility index (Phi) is 9.20. The fraction of sp³-hybridized carbons (Fsp3) is 0.480. The zero-order valence-corrected chi connectivity index (χ0v) is 19.2. The van der Waals surface area contributed by atoms with E-state index in [1.165, 1.54) is 19.1 Å². The van der Waals surface area contributed by atoms with Crippen molar-refractivity contribution >= 4 is 17.9 Å². The van der Waals surface area contributed by atoms with Crippen LogP contribution in [0.25, 0.3) is 0 Å². The van der Waals surface area contributed by atoms with E-state index in [0.717, 1.165) is 24.0 Å². The summed E-state index contributed by atoms with van der Waals surface area (Å²) in [6.45, 7) is 10.4. The molecule has 0 aromatic carbocycles. The largest absolute Gasteiger partial charge is 0.458 e. The predicted molar refractivity (Wildman–Crippen MR) is 119 cm³/mol. The van der Waals surface area contributed by atoms with Gasteiger partial charge in [-0.15, -0.1) is 0 Å². The van der Waals surface area contributed by atoms with E-state index in [1.807, 2.05) is 19.9 Å². The summed E-state index contributed by atoms with van der Waals surface area (Å²) in [4.78, 5) is 37.1. The minimum atomic E-state index is -0.661. The standard InChI is InChI=1S/C25H32O7/c1-6-19(14-30-23(27)17(4)10-11-26)25(29)32-21-13-16(3)9-7-8-15(2)12-20-22(21)18(5)24(28)31-20/h6,9-10,12,20-22,26H,5,7-8,11,13-14H2,1-4H3. The molecule has 32 heavy (non-hydrogen) atoms. The number of ether oxygens (including phenoxy) is 3. The van der Waals surface area contributed by atoms with Crippen LogP contribution in [-0.2, 0) is 28.6 Å². The molecule has 0 bridgehead atoms. The number of aliphatic hydroxyl groups excluding tert-OH is 1. The molecule has 1 N–H and O–H groups in total. The van der Waals surface area contributed by atoms with E-state index >= 15 is 0 Å². The molecule has 2 aliphatic rings. The smallest absolute Gasteiger partial charge is 0.337 e. The van der Waals surface area contributed by atoms with Crippen molar-refractivity contribution in [2.24, 2.45) is 5.92 Å². The maximum atomic E-state index is 12.9. The van der Waals surface area contributed by atoms with Gasteiger partial charge in [-0.2, -0.15) is 0 Å². The molecule has 1 aliphatic carbocycles. The van der Waals surface area contributed by atoms with Crippen LogP contribution in [0.1, 0.15) is 47.0 Å². The zero-order chi connectivity index (χ0) is 23.8. The second-order valence-corrected chi connectivity index (χ2v) is 8.13. The Bertz CT molecular complexity index is 888. The molecule has 1 heterocycles. The highest BCUT2D eigenvalue weighted by Crippen LogP contribution is 2.36. The van der Waals surface area contributed by atoms with Crippen LogP contribution in [0.2, 0.25) is 0 Å². The van der Waals surface area contributed by atoms with Crippen molar-refractivity contribution in [2.75, 3.05) is 13.2 Å². The number of hydrogen-bond acceptors (Lipinski definition) is 7. The van der Waals surface area contributed by atoms with E-state index in [9.17, 15) is 14.4 Å². The normalized spacial score (nSPS) is 24.7. The summed E-state index contributed by atoms with van der Waals surface area (Å²) in [7, 11) is 0. The zero-order valence-electron chi connectivity index (χ0n) is 19.2. The third kappa shape index (κ3) is 6.53. The van der Waals surface area contributed by atoms with Gasteiger partial charge in [0.2, 0.25) is 0 Å². The van der Waals surface area contributed by atoms with Gasteiger partial charge in [0.25, 0.3) is 0 Å². The van der Waals surface area contributed by atoms with E-state index in [0.29, 0.717) is 6.42 Å². The molecule has 3 atom stereocenters. The molecule has 1 saturated heterocycles. The SMILES string of the molecule is C=C1C(=O)OC2C=C(C)CCC=C(C)CC(OC(=O)C(=CC)COC(=O)C(C)=CCO)C12. The van der Waals surface area contributed by atoms with Crippen LogP contribution < -0.4 is 0 Å². The number of hydrogen-bond donors (Lipinski definition) is 1. The molecule has 0 aromatic heterocycles. The van der Waals surface area contributed by atoms with E-state index < -0.39 is 36.0 Å². The van der Waals surface area contributed by atoms with Crippen molar-refractivity contribution < 1.29 is 33.7 Å². The van der Waals surface area contributed by atoms with Gasteiger partial charge in [-0.25, -0.2) is 14.4 Å². The Labute approximate surface area is 189 Å². The van der Waals surface area contributed by atoms with Crippen molar-refractivity contribution in [1.82, 2.24) is 0 Å². The Balaban J connectivity index is 2.22. The average Bonchev–Trinajstić information content (AvgIpc) is 3.00. The second kappa shape index (κ2) is 11.6. The maximum absolute atomic E-state index is 12.9. The van der Waals surface area contributed by atoms with Crippen molar-refractivity contribution in [3.63, 3.8) is 0 Å². The van der Waals surface area contributed by atoms with Crippen LogP contribution in [-0.4, -0.2) is 48.4 Å². The molecule has 1 fully saturated rings. The third-order valence-electron chi connectivity index (χ3n) is 5.61. The van der Waals surface area contributed by atoms with E-state index in [4.69, 9.17) is 19.3 Å². The lowest BCUT2D eigenvalue weighted by atomic mass is 9.85. The average molecular weight is 445 g/mol. The summed E-state index contributed by atoms with van der Waals surface area (Å²) in [6, 6.07) is 0. The molecule has 3 unspecified atom stereocenters. The monoisotopic (exact) mass is 444 g/mol. The fourth-order valence-corrected chi connectivity index (χ4v) is 3.68. The molecule has 0 radical (unpaired) electrons. The van der Waals surface area contributed by atoms with Crippen molar-refractivity contribution in [2.45, 2.75) is 59.2 Å². The maximum Gasteiger partial charge on any atom is 0.337 e. The number of aliphatic hydroxyl groups is 1. The molecule has 0 aromatic rings. The summed E-state index contributed by atoms with van der Waals surface area (Å²) in [5.74, 6) is -2.26. The Morgan fingerprint density at radius 2 is 2.00 bits per heavy atom. The molecule has 1 aliphatic heterocycles. The highest BCUT2D eigenvalue weighted by Gasteiger charge is 2.44. The summed E-state index contributed by atoms with van der Waals surface area (Å²) < 4.78 is 16.5. The van der Waals surface area contributed by atoms with Crippen LogP contribution in [0, 0.1) is 5.92 Å². The number of allylic oxidation sites excluding steroid dienone is 3. The van der Waals surface area contributed by atoms with Gasteiger partial charge in [0.05, 0.1) is 18.1 Å². The second-order valence-electron chi connectivity index (χ2n) is 8.13. The molecule has 7 nitrogen and oxygen atoms in total. The van der Waals surface area contributed by atoms with Gasteiger partial charge in [-0.1, -0.05) is 29.9 Å². The number of fused-ring (bicyclic) bond motifs is 1. The van der Waals surface area contributed by atoms with E-state index in [-0.39, 0.29) is 29.9 Å². The number of esters is 3. The molecular weight excluding hydrogens is 412 g/mol. The lowest BCUT2D eigenvalue weighted by Crippen LogP contribution is -2.34. The first kappa shape index (κ1) is 25.3. The predicted octanol–water partition coefficient (Wildman–Crippen LogP) is 3.50. The molecule has 2 rings (SSSR count). The Morgan fingerprint density at radius 1 is 1.28 bits per heavy atom. The van der Waals surface area contributed by atoms with Crippen LogP contribution in [0.3, 0.4) is 0 Å². The highest BCUT2D eigenvalue weighted by atomic mass is 16.6. The molecule has 174 valence electrons. The van der Waals surface area contributed by atoms with Gasteiger partial charge < -0.3 is 19.3 Å². The van der Waals surface area contributed by atoms with Crippen LogP contribution >= 0.6 is 0 Å². The van der Waals surface area contributed by atoms with Crippen LogP contribution in [0.4, 0.5) is 0 Å². The topological polar surface area (TPSA) is 99.1 Å². The first-order valence-corrected chi connectivity index (χ1v) is 10.7. The summed E-state index contributed by atoms with van der Waals surface area (Å²) >= 11 is 0. The number of carbonyl (C=O) groups excluding carboxylic acids is 3. The molecule has 7 heteroatoms. The summed E-state index contributed by atoms with van der Waals surface area (Å²) in [6.07, 6.45) is 7.79. The van der Waals surface area contributed by atoms with Gasteiger partial charge in [0, 0.05) is 17.6 Å².